The number of benzene rings is 1. The van der Waals surface area contributed by atoms with Crippen molar-refractivity contribution in [2.24, 2.45) is 5.92 Å². The molecule has 0 radical (unpaired) electrons. The summed E-state index contributed by atoms with van der Waals surface area (Å²) < 4.78 is 0. The van der Waals surface area contributed by atoms with Gasteiger partial charge in [-0.25, -0.2) is 0 Å². The first-order valence-corrected chi connectivity index (χ1v) is 6.96. The Labute approximate surface area is 102 Å². The zero-order valence-electron chi connectivity index (χ0n) is 9.37. The van der Waals surface area contributed by atoms with E-state index >= 15 is 0 Å². The van der Waals surface area contributed by atoms with E-state index in [1.54, 1.807) is 12.1 Å². The predicted octanol–water partition coefficient (Wildman–Crippen LogP) is 3.52. The molecule has 1 aromatic carbocycles. The van der Waals surface area contributed by atoms with Crippen LogP contribution in [0.2, 0.25) is 0 Å². The number of non-ortho nitro benzene ring substituents is 1. The summed E-state index contributed by atoms with van der Waals surface area (Å²) >= 11 is 0. The van der Waals surface area contributed by atoms with Crippen molar-refractivity contribution in [3.63, 3.8) is 0 Å². The monoisotopic (exact) mass is 247 g/mol. The van der Waals surface area contributed by atoms with Gasteiger partial charge in [0.1, 0.15) is 0 Å². The number of hydrogen-bond acceptors (Lipinski definition) is 2. The molecule has 1 aromatic rings. The first-order valence-electron chi connectivity index (χ1n) is 5.55. The van der Waals surface area contributed by atoms with Gasteiger partial charge in [-0.1, -0.05) is 36.4 Å². The number of nitro benzene ring substituents is 1. The minimum atomic E-state index is -0.361. The molecule has 1 unspecified atom stereocenters. The first-order chi connectivity index (χ1) is 8.25. The van der Waals surface area contributed by atoms with Crippen LogP contribution in [-0.2, 0) is 6.16 Å². The Morgan fingerprint density at radius 1 is 1.18 bits per heavy atom. The number of allylic oxidation sites excluding steroid dienone is 4. The van der Waals surface area contributed by atoms with Crippen LogP contribution in [0.4, 0.5) is 5.69 Å². The van der Waals surface area contributed by atoms with Crippen LogP contribution in [0.5, 0.6) is 0 Å². The predicted molar refractivity (Wildman–Crippen MR) is 71.8 cm³/mol. The van der Waals surface area contributed by atoms with Gasteiger partial charge in [0.25, 0.3) is 5.69 Å². The van der Waals surface area contributed by atoms with Gasteiger partial charge in [-0.05, 0) is 23.8 Å². The molecule has 0 saturated heterocycles. The fourth-order valence-electron chi connectivity index (χ4n) is 1.73. The molecule has 0 amide bonds. The highest BCUT2D eigenvalue weighted by Crippen LogP contribution is 2.25. The largest absolute Gasteiger partial charge is 0.269 e. The minimum Gasteiger partial charge on any atom is -0.258 e. The van der Waals surface area contributed by atoms with Gasteiger partial charge in [0.2, 0.25) is 0 Å². The second kappa shape index (κ2) is 5.74. The van der Waals surface area contributed by atoms with E-state index in [-0.39, 0.29) is 10.6 Å². The number of rotatable bonds is 5. The van der Waals surface area contributed by atoms with Crippen molar-refractivity contribution in [3.05, 3.63) is 64.2 Å². The third-order valence-electron chi connectivity index (χ3n) is 2.68. The van der Waals surface area contributed by atoms with Crippen LogP contribution in [0.25, 0.3) is 0 Å². The Morgan fingerprint density at radius 3 is 2.41 bits per heavy atom. The van der Waals surface area contributed by atoms with Crippen LogP contribution in [0.15, 0.2) is 48.6 Å². The molecule has 0 aliphatic heterocycles. The first kappa shape index (κ1) is 12.0. The fourth-order valence-corrected chi connectivity index (χ4v) is 3.01. The van der Waals surface area contributed by atoms with E-state index in [1.807, 2.05) is 12.1 Å². The van der Waals surface area contributed by atoms with Crippen LogP contribution >= 0.6 is 8.58 Å². The van der Waals surface area contributed by atoms with Crippen molar-refractivity contribution in [1.29, 1.82) is 0 Å². The molecule has 0 fully saturated rings. The third-order valence-corrected chi connectivity index (χ3v) is 4.10. The third kappa shape index (κ3) is 3.50. The van der Waals surface area contributed by atoms with Gasteiger partial charge in [0, 0.05) is 12.1 Å². The molecule has 0 spiro atoms. The molecule has 17 heavy (non-hydrogen) atoms. The molecule has 1 aliphatic rings. The normalized spacial score (nSPS) is 15.1. The topological polar surface area (TPSA) is 43.1 Å². The maximum absolute atomic E-state index is 10.5. The van der Waals surface area contributed by atoms with Crippen LogP contribution < -0.4 is 0 Å². The lowest BCUT2D eigenvalue weighted by atomic mass is 10.2. The van der Waals surface area contributed by atoms with Gasteiger partial charge in [-0.15, -0.1) is 8.58 Å². The van der Waals surface area contributed by atoms with Gasteiger partial charge in [0.05, 0.1) is 4.92 Å². The Morgan fingerprint density at radius 2 is 1.82 bits per heavy atom. The van der Waals surface area contributed by atoms with E-state index in [0.717, 1.165) is 14.7 Å². The second-order valence-corrected chi connectivity index (χ2v) is 5.25. The van der Waals surface area contributed by atoms with Crippen molar-refractivity contribution >= 4 is 14.3 Å². The highest BCUT2D eigenvalue weighted by Gasteiger charge is 2.05. The van der Waals surface area contributed by atoms with E-state index in [9.17, 15) is 10.1 Å². The molecule has 0 saturated carbocycles. The van der Waals surface area contributed by atoms with Crippen molar-refractivity contribution in [3.8, 4) is 0 Å². The molecule has 88 valence electrons. The van der Waals surface area contributed by atoms with Gasteiger partial charge in [0.15, 0.2) is 0 Å². The average molecular weight is 247 g/mol. The van der Waals surface area contributed by atoms with Crippen molar-refractivity contribution in [2.45, 2.75) is 6.16 Å². The van der Waals surface area contributed by atoms with Crippen LogP contribution in [0.1, 0.15) is 5.56 Å². The van der Waals surface area contributed by atoms with Gasteiger partial charge in [-0.3, -0.25) is 10.1 Å². The summed E-state index contributed by atoms with van der Waals surface area (Å²) in [5.41, 5.74) is 1.35. The van der Waals surface area contributed by atoms with Crippen molar-refractivity contribution in [2.75, 3.05) is 6.16 Å². The molecule has 0 aromatic heterocycles. The Kier molecular flexibility index (Phi) is 4.05. The summed E-state index contributed by atoms with van der Waals surface area (Å²) in [6.45, 7) is 0. The summed E-state index contributed by atoms with van der Waals surface area (Å²) in [6.07, 6.45) is 10.8. The molecule has 0 heterocycles. The van der Waals surface area contributed by atoms with E-state index < -0.39 is 0 Å². The molecule has 2 rings (SSSR count). The number of hydrogen-bond donors (Lipinski definition) is 0. The molecule has 0 bridgehead atoms. The lowest BCUT2D eigenvalue weighted by Gasteiger charge is -2.05. The smallest absolute Gasteiger partial charge is 0.258 e. The van der Waals surface area contributed by atoms with E-state index in [0.29, 0.717) is 5.92 Å². The van der Waals surface area contributed by atoms with Gasteiger partial charge < -0.3 is 0 Å². The summed E-state index contributed by atoms with van der Waals surface area (Å²) in [6, 6.07) is 6.86. The molecular weight excluding hydrogens is 233 g/mol. The van der Waals surface area contributed by atoms with E-state index in [4.69, 9.17) is 0 Å². The zero-order chi connectivity index (χ0) is 12.1. The molecule has 1 atom stereocenters. The van der Waals surface area contributed by atoms with E-state index in [2.05, 4.69) is 24.3 Å². The number of nitro groups is 1. The summed E-state index contributed by atoms with van der Waals surface area (Å²) in [4.78, 5) is 10.1. The Hall–Kier alpha value is -1.47. The molecule has 3 nitrogen and oxygen atoms in total. The van der Waals surface area contributed by atoms with Gasteiger partial charge >= 0.3 is 0 Å². The highest BCUT2D eigenvalue weighted by molar-refractivity contribution is 7.37. The maximum atomic E-state index is 10.5. The average Bonchev–Trinajstić information content (AvgIpc) is 2.83. The minimum absolute atomic E-state index is 0.166. The molecular formula is C13H14NO2P. The Bertz CT molecular complexity index is 439. The number of nitrogens with zero attached hydrogens (tertiary/aromatic N) is 1. The Balaban J connectivity index is 1.80. The standard InChI is InChI=1S/C13H14NO2P/c15-14(16)13-7-5-12(6-8-13)10-17-9-11-3-1-2-4-11/h1-8,11,17H,9-10H2. The lowest BCUT2D eigenvalue weighted by Crippen LogP contribution is -1.92. The fraction of sp³-hybridized carbons (Fsp3) is 0.231. The molecule has 1 aliphatic carbocycles. The second-order valence-electron chi connectivity index (χ2n) is 3.99. The summed E-state index contributed by atoms with van der Waals surface area (Å²) in [5, 5.41) is 10.5. The summed E-state index contributed by atoms with van der Waals surface area (Å²) in [5.74, 6) is 0.589. The van der Waals surface area contributed by atoms with Crippen LogP contribution in [0.3, 0.4) is 0 Å². The highest BCUT2D eigenvalue weighted by atomic mass is 31.1. The zero-order valence-corrected chi connectivity index (χ0v) is 10.4. The maximum Gasteiger partial charge on any atom is 0.269 e. The van der Waals surface area contributed by atoms with Gasteiger partial charge in [-0.2, -0.15) is 0 Å². The van der Waals surface area contributed by atoms with E-state index in [1.165, 1.54) is 11.7 Å². The van der Waals surface area contributed by atoms with Crippen LogP contribution in [-0.4, -0.2) is 11.1 Å². The SMILES string of the molecule is O=[N+]([O-])c1ccc(CPCC2C=CC=C2)cc1. The molecule has 4 heteroatoms. The lowest BCUT2D eigenvalue weighted by molar-refractivity contribution is -0.384. The summed E-state index contributed by atoms with van der Waals surface area (Å²) in [7, 11) is 0.863. The molecule has 0 N–H and O–H groups in total. The van der Waals surface area contributed by atoms with Crippen molar-refractivity contribution in [1.82, 2.24) is 0 Å². The quantitative estimate of drug-likeness (QED) is 0.454. The van der Waals surface area contributed by atoms with Crippen molar-refractivity contribution < 1.29 is 4.92 Å². The van der Waals surface area contributed by atoms with Crippen LogP contribution in [0, 0.1) is 16.0 Å².